The van der Waals surface area contributed by atoms with E-state index in [4.69, 9.17) is 9.47 Å². The number of hydrogen-bond acceptors (Lipinski definition) is 5. The van der Waals surface area contributed by atoms with E-state index in [2.05, 4.69) is 10.3 Å². The molecule has 0 radical (unpaired) electrons. The molecule has 134 valence electrons. The minimum absolute atomic E-state index is 0.0299. The summed E-state index contributed by atoms with van der Waals surface area (Å²) in [4.78, 5) is 17.6. The van der Waals surface area contributed by atoms with E-state index in [-0.39, 0.29) is 5.91 Å². The van der Waals surface area contributed by atoms with Gasteiger partial charge in [-0.2, -0.15) is 0 Å². The molecule has 6 heteroatoms. The van der Waals surface area contributed by atoms with Gasteiger partial charge >= 0.3 is 0 Å². The highest BCUT2D eigenvalue weighted by atomic mass is 32.2. The highest BCUT2D eigenvalue weighted by Crippen LogP contribution is 2.28. The Morgan fingerprint density at radius 1 is 1.08 bits per heavy atom. The van der Waals surface area contributed by atoms with Gasteiger partial charge in [0.05, 0.1) is 25.5 Å². The molecule has 1 N–H and O–H groups in total. The lowest BCUT2D eigenvalue weighted by molar-refractivity contribution is -0.118. The van der Waals surface area contributed by atoms with E-state index in [1.54, 1.807) is 20.4 Å². The van der Waals surface area contributed by atoms with E-state index in [1.807, 2.05) is 48.5 Å². The molecule has 26 heavy (non-hydrogen) atoms. The molecule has 2 aromatic carbocycles. The number of hydrogen-bond donors (Lipinski definition) is 1. The fraction of sp³-hybridized carbons (Fsp3) is 0.200. The first-order chi connectivity index (χ1) is 12.7. The molecule has 1 aromatic heterocycles. The Morgan fingerprint density at radius 2 is 1.88 bits per heavy atom. The Kier molecular flexibility index (Phi) is 5.96. The number of nitrogens with one attached hydrogen (secondary N) is 1. The highest BCUT2D eigenvalue weighted by Gasteiger charge is 2.08. The second-order valence-corrected chi connectivity index (χ2v) is 6.60. The molecular formula is C20H20N2O3S. The quantitative estimate of drug-likeness (QED) is 0.645. The minimum atomic E-state index is -0.0299. The van der Waals surface area contributed by atoms with Crippen LogP contribution in [0.5, 0.6) is 11.5 Å². The summed E-state index contributed by atoms with van der Waals surface area (Å²) >= 11 is 1.49. The van der Waals surface area contributed by atoms with Gasteiger partial charge in [-0.3, -0.25) is 9.78 Å². The number of methoxy groups -OCH3 is 2. The van der Waals surface area contributed by atoms with Crippen molar-refractivity contribution in [2.45, 2.75) is 11.4 Å². The largest absolute Gasteiger partial charge is 0.493 e. The van der Waals surface area contributed by atoms with Gasteiger partial charge in [-0.05, 0) is 29.8 Å². The third-order valence-corrected chi connectivity index (χ3v) is 4.94. The van der Waals surface area contributed by atoms with Crippen molar-refractivity contribution in [3.63, 3.8) is 0 Å². The van der Waals surface area contributed by atoms with Crippen molar-refractivity contribution in [2.75, 3.05) is 20.0 Å². The third kappa shape index (κ3) is 4.26. The number of nitrogens with zero attached hydrogens (tertiary/aromatic N) is 1. The molecule has 0 aliphatic heterocycles. The van der Waals surface area contributed by atoms with Crippen LogP contribution >= 0.6 is 11.8 Å². The Labute approximate surface area is 156 Å². The predicted octanol–water partition coefficient (Wildman–Crippen LogP) is 3.66. The smallest absolute Gasteiger partial charge is 0.230 e. The van der Waals surface area contributed by atoms with Gasteiger partial charge in [0, 0.05) is 23.0 Å². The zero-order chi connectivity index (χ0) is 18.4. The van der Waals surface area contributed by atoms with Crippen LogP contribution in [0.2, 0.25) is 0 Å². The number of rotatable bonds is 7. The first-order valence-corrected chi connectivity index (χ1v) is 9.14. The zero-order valence-electron chi connectivity index (χ0n) is 14.7. The SMILES string of the molecule is COc1ccc(CNC(=O)CSc2cccc3cccnc23)cc1OC. The molecule has 0 aliphatic rings. The third-order valence-electron chi connectivity index (χ3n) is 3.89. The van der Waals surface area contributed by atoms with Crippen molar-refractivity contribution in [2.24, 2.45) is 0 Å². The maximum absolute atomic E-state index is 12.2. The average molecular weight is 368 g/mol. The van der Waals surface area contributed by atoms with Gasteiger partial charge < -0.3 is 14.8 Å². The topological polar surface area (TPSA) is 60.5 Å². The van der Waals surface area contributed by atoms with Gasteiger partial charge in [0.25, 0.3) is 0 Å². The van der Waals surface area contributed by atoms with E-state index in [0.29, 0.717) is 23.8 Å². The van der Waals surface area contributed by atoms with Crippen LogP contribution in [0.25, 0.3) is 10.9 Å². The summed E-state index contributed by atoms with van der Waals surface area (Å²) < 4.78 is 10.5. The van der Waals surface area contributed by atoms with Gasteiger partial charge in [-0.1, -0.05) is 24.3 Å². The monoisotopic (exact) mass is 368 g/mol. The van der Waals surface area contributed by atoms with Crippen LogP contribution in [0.4, 0.5) is 0 Å². The molecule has 3 aromatic rings. The number of fused-ring (bicyclic) bond motifs is 1. The summed E-state index contributed by atoms with van der Waals surface area (Å²) in [6.45, 7) is 0.438. The van der Waals surface area contributed by atoms with Gasteiger partial charge in [-0.15, -0.1) is 11.8 Å². The number of thioether (sulfide) groups is 1. The standard InChI is InChI=1S/C20H20N2O3S/c1-24-16-9-8-14(11-17(16)25-2)12-22-19(23)13-26-18-7-3-5-15-6-4-10-21-20(15)18/h3-11H,12-13H2,1-2H3,(H,22,23). The number of benzene rings is 2. The van der Waals surface area contributed by atoms with Crippen molar-refractivity contribution < 1.29 is 14.3 Å². The molecular weight excluding hydrogens is 348 g/mol. The Morgan fingerprint density at radius 3 is 2.69 bits per heavy atom. The van der Waals surface area contributed by atoms with E-state index >= 15 is 0 Å². The molecule has 0 aliphatic carbocycles. The summed E-state index contributed by atoms with van der Waals surface area (Å²) in [6, 6.07) is 15.5. The molecule has 1 amide bonds. The van der Waals surface area contributed by atoms with Crippen LogP contribution in [-0.4, -0.2) is 30.9 Å². The molecule has 0 saturated carbocycles. The first-order valence-electron chi connectivity index (χ1n) is 8.15. The van der Waals surface area contributed by atoms with Crippen LogP contribution in [0.3, 0.4) is 0 Å². The highest BCUT2D eigenvalue weighted by molar-refractivity contribution is 8.00. The lowest BCUT2D eigenvalue weighted by Gasteiger charge is -2.10. The maximum Gasteiger partial charge on any atom is 0.230 e. The molecule has 0 saturated heterocycles. The summed E-state index contributed by atoms with van der Waals surface area (Å²) in [7, 11) is 3.19. The number of para-hydroxylation sites is 1. The van der Waals surface area contributed by atoms with Gasteiger partial charge in [0.15, 0.2) is 11.5 Å². The number of amides is 1. The second-order valence-electron chi connectivity index (χ2n) is 5.59. The minimum Gasteiger partial charge on any atom is -0.493 e. The van der Waals surface area contributed by atoms with Crippen LogP contribution in [0.1, 0.15) is 5.56 Å². The molecule has 0 atom stereocenters. The zero-order valence-corrected chi connectivity index (χ0v) is 15.5. The number of ether oxygens (including phenoxy) is 2. The van der Waals surface area contributed by atoms with E-state index in [1.165, 1.54) is 11.8 Å². The molecule has 3 rings (SSSR count). The van der Waals surface area contributed by atoms with Gasteiger partial charge in [0.2, 0.25) is 5.91 Å². The fourth-order valence-electron chi connectivity index (χ4n) is 2.58. The van der Waals surface area contributed by atoms with Crippen molar-refractivity contribution in [1.82, 2.24) is 10.3 Å². The Hall–Kier alpha value is -2.73. The number of pyridine rings is 1. The fourth-order valence-corrected chi connectivity index (χ4v) is 3.45. The van der Waals surface area contributed by atoms with Crippen molar-refractivity contribution >= 4 is 28.6 Å². The summed E-state index contributed by atoms with van der Waals surface area (Å²) in [5.41, 5.74) is 1.88. The van der Waals surface area contributed by atoms with E-state index < -0.39 is 0 Å². The van der Waals surface area contributed by atoms with Gasteiger partial charge in [-0.25, -0.2) is 0 Å². The number of carbonyl (C=O) groups excluding carboxylic acids is 1. The summed E-state index contributed by atoms with van der Waals surface area (Å²) in [5.74, 6) is 1.62. The molecule has 0 unspecified atom stereocenters. The normalized spacial score (nSPS) is 10.5. The van der Waals surface area contributed by atoms with Crippen LogP contribution < -0.4 is 14.8 Å². The number of carbonyl (C=O) groups is 1. The van der Waals surface area contributed by atoms with Crippen molar-refractivity contribution in [3.8, 4) is 11.5 Å². The van der Waals surface area contributed by atoms with Crippen LogP contribution in [0.15, 0.2) is 59.6 Å². The van der Waals surface area contributed by atoms with E-state index in [0.717, 1.165) is 21.4 Å². The van der Waals surface area contributed by atoms with Crippen molar-refractivity contribution in [1.29, 1.82) is 0 Å². The van der Waals surface area contributed by atoms with E-state index in [9.17, 15) is 4.79 Å². The van der Waals surface area contributed by atoms with Crippen LogP contribution in [0, 0.1) is 0 Å². The number of aromatic nitrogens is 1. The maximum atomic E-state index is 12.2. The average Bonchev–Trinajstić information content (AvgIpc) is 2.70. The molecule has 5 nitrogen and oxygen atoms in total. The second kappa shape index (κ2) is 8.58. The lowest BCUT2D eigenvalue weighted by Crippen LogP contribution is -2.24. The van der Waals surface area contributed by atoms with Gasteiger partial charge in [0.1, 0.15) is 0 Å². The molecule has 0 bridgehead atoms. The predicted molar refractivity (Wildman–Crippen MR) is 104 cm³/mol. The lowest BCUT2D eigenvalue weighted by atomic mass is 10.2. The molecule has 0 fully saturated rings. The Bertz CT molecular complexity index is 909. The molecule has 0 spiro atoms. The molecule has 1 heterocycles. The van der Waals surface area contributed by atoms with Crippen molar-refractivity contribution in [3.05, 3.63) is 60.3 Å². The summed E-state index contributed by atoms with van der Waals surface area (Å²) in [5, 5.41) is 4.00. The first kappa shape index (κ1) is 18.1. The summed E-state index contributed by atoms with van der Waals surface area (Å²) in [6.07, 6.45) is 1.77. The Balaban J connectivity index is 1.58. The van der Waals surface area contributed by atoms with Crippen LogP contribution in [-0.2, 0) is 11.3 Å².